The minimum atomic E-state index is -0.0175. The summed E-state index contributed by atoms with van der Waals surface area (Å²) < 4.78 is 0. The molecule has 0 unspecified atom stereocenters. The van der Waals surface area contributed by atoms with Crippen molar-refractivity contribution in [2.24, 2.45) is 10.3 Å². The number of hydrogen-bond donors (Lipinski definition) is 3. The molecule has 0 amide bonds. The van der Waals surface area contributed by atoms with Crippen LogP contribution in [0.4, 0.5) is 5.82 Å². The summed E-state index contributed by atoms with van der Waals surface area (Å²) in [6.07, 6.45) is 0. The van der Waals surface area contributed by atoms with Crippen molar-refractivity contribution < 1.29 is 5.11 Å². The third kappa shape index (κ3) is 2.72. The van der Waals surface area contributed by atoms with Gasteiger partial charge < -0.3 is 5.11 Å². The number of hydrogen-bond acceptors (Lipinski definition) is 4. The molecule has 0 atom stereocenters. The Hall–Kier alpha value is -2.21. The first kappa shape index (κ1) is 12.3. The van der Waals surface area contributed by atoms with Gasteiger partial charge in [0.1, 0.15) is 0 Å². The molecular weight excluding hydrogens is 230 g/mol. The van der Waals surface area contributed by atoms with Gasteiger partial charge in [-0.1, -0.05) is 35.6 Å². The van der Waals surface area contributed by atoms with Gasteiger partial charge in [0, 0.05) is 11.3 Å². The van der Waals surface area contributed by atoms with E-state index < -0.39 is 0 Å². The number of H-pyrrole nitrogens is 1. The average molecular weight is 245 g/mol. The SMILES string of the molecule is Cc1[nH]nc(NN=NCCO)c1-c1ccccc1. The van der Waals surface area contributed by atoms with Gasteiger partial charge in [-0.25, -0.2) is 5.43 Å². The maximum atomic E-state index is 8.60. The second-order valence-corrected chi connectivity index (χ2v) is 3.74. The van der Waals surface area contributed by atoms with E-state index in [1.807, 2.05) is 37.3 Å². The zero-order valence-corrected chi connectivity index (χ0v) is 10.1. The molecule has 0 saturated heterocycles. The fourth-order valence-electron chi connectivity index (χ4n) is 1.65. The van der Waals surface area contributed by atoms with Crippen LogP contribution in [-0.2, 0) is 0 Å². The molecule has 3 N–H and O–H groups in total. The van der Waals surface area contributed by atoms with Crippen molar-refractivity contribution in [2.75, 3.05) is 18.6 Å². The van der Waals surface area contributed by atoms with E-state index in [9.17, 15) is 0 Å². The molecular formula is C12H15N5O. The van der Waals surface area contributed by atoms with Crippen LogP contribution in [0, 0.1) is 6.92 Å². The summed E-state index contributed by atoms with van der Waals surface area (Å²) in [4.78, 5) is 0. The Morgan fingerprint density at radius 1 is 1.33 bits per heavy atom. The Morgan fingerprint density at radius 2 is 2.11 bits per heavy atom. The zero-order chi connectivity index (χ0) is 12.8. The maximum Gasteiger partial charge on any atom is 0.177 e. The highest BCUT2D eigenvalue weighted by Crippen LogP contribution is 2.28. The van der Waals surface area contributed by atoms with Crippen molar-refractivity contribution in [1.29, 1.82) is 0 Å². The van der Waals surface area contributed by atoms with E-state index in [0.29, 0.717) is 5.82 Å². The molecule has 2 rings (SSSR count). The Kier molecular flexibility index (Phi) is 4.03. The first-order valence-electron chi connectivity index (χ1n) is 5.66. The second-order valence-electron chi connectivity index (χ2n) is 3.74. The van der Waals surface area contributed by atoms with E-state index in [-0.39, 0.29) is 13.2 Å². The first-order valence-corrected chi connectivity index (χ1v) is 5.66. The number of rotatable bonds is 5. The maximum absolute atomic E-state index is 8.60. The van der Waals surface area contributed by atoms with E-state index >= 15 is 0 Å². The number of aliphatic hydroxyl groups excluding tert-OH is 1. The first-order chi connectivity index (χ1) is 8.83. The smallest absolute Gasteiger partial charge is 0.177 e. The lowest BCUT2D eigenvalue weighted by Crippen LogP contribution is -1.92. The lowest BCUT2D eigenvalue weighted by atomic mass is 10.1. The van der Waals surface area contributed by atoms with Gasteiger partial charge in [0.2, 0.25) is 0 Å². The highest BCUT2D eigenvalue weighted by Gasteiger charge is 2.11. The molecule has 0 aliphatic rings. The minimum absolute atomic E-state index is 0.0175. The molecule has 0 radical (unpaired) electrons. The van der Waals surface area contributed by atoms with Crippen LogP contribution in [-0.4, -0.2) is 28.5 Å². The van der Waals surface area contributed by atoms with Gasteiger partial charge >= 0.3 is 0 Å². The molecule has 2 aromatic rings. The predicted octanol–water partition coefficient (Wildman–Crippen LogP) is 2.16. The highest BCUT2D eigenvalue weighted by atomic mass is 16.3. The lowest BCUT2D eigenvalue weighted by molar-refractivity contribution is 0.304. The molecule has 1 aromatic carbocycles. The van der Waals surface area contributed by atoms with Gasteiger partial charge in [-0.05, 0) is 12.5 Å². The van der Waals surface area contributed by atoms with Crippen molar-refractivity contribution in [3.8, 4) is 11.1 Å². The molecule has 0 saturated carbocycles. The summed E-state index contributed by atoms with van der Waals surface area (Å²) in [6, 6.07) is 9.92. The third-order valence-electron chi connectivity index (χ3n) is 2.44. The van der Waals surface area contributed by atoms with Crippen LogP contribution in [0.3, 0.4) is 0 Å². The molecule has 0 aliphatic heterocycles. The fourth-order valence-corrected chi connectivity index (χ4v) is 1.65. The van der Waals surface area contributed by atoms with E-state index in [1.54, 1.807) is 0 Å². The fraction of sp³-hybridized carbons (Fsp3) is 0.250. The van der Waals surface area contributed by atoms with Crippen LogP contribution in [0.25, 0.3) is 11.1 Å². The molecule has 1 aromatic heterocycles. The monoisotopic (exact) mass is 245 g/mol. The highest BCUT2D eigenvalue weighted by molar-refractivity contribution is 5.77. The summed E-state index contributed by atoms with van der Waals surface area (Å²) in [5.74, 6) is 0.625. The van der Waals surface area contributed by atoms with Gasteiger partial charge in [0.25, 0.3) is 0 Å². The summed E-state index contributed by atoms with van der Waals surface area (Å²) in [6.45, 7) is 2.21. The van der Waals surface area contributed by atoms with Gasteiger partial charge in [-0.15, -0.1) is 0 Å². The number of benzene rings is 1. The number of nitrogens with zero attached hydrogens (tertiary/aromatic N) is 3. The van der Waals surface area contributed by atoms with E-state index in [4.69, 9.17) is 5.11 Å². The Labute approximate surface area is 105 Å². The molecule has 6 heteroatoms. The number of aliphatic hydroxyl groups is 1. The van der Waals surface area contributed by atoms with Gasteiger partial charge in [-0.2, -0.15) is 10.2 Å². The molecule has 6 nitrogen and oxygen atoms in total. The van der Waals surface area contributed by atoms with Crippen molar-refractivity contribution >= 4 is 5.82 Å². The van der Waals surface area contributed by atoms with Crippen LogP contribution in [0.5, 0.6) is 0 Å². The summed E-state index contributed by atoms with van der Waals surface area (Å²) in [5, 5.41) is 23.1. The summed E-state index contributed by atoms with van der Waals surface area (Å²) in [7, 11) is 0. The van der Waals surface area contributed by atoms with Crippen molar-refractivity contribution in [2.45, 2.75) is 6.92 Å². The summed E-state index contributed by atoms with van der Waals surface area (Å²) >= 11 is 0. The number of nitrogens with one attached hydrogen (secondary N) is 2. The average Bonchev–Trinajstić information content (AvgIpc) is 2.77. The normalized spacial score (nSPS) is 11.0. The zero-order valence-electron chi connectivity index (χ0n) is 10.1. The Balaban J connectivity index is 2.23. The number of aromatic amines is 1. The topological polar surface area (TPSA) is 85.7 Å². The van der Waals surface area contributed by atoms with Crippen molar-refractivity contribution in [3.05, 3.63) is 36.0 Å². The predicted molar refractivity (Wildman–Crippen MR) is 69.2 cm³/mol. The molecule has 0 aliphatic carbocycles. The molecule has 94 valence electrons. The quantitative estimate of drug-likeness (QED) is 0.557. The van der Waals surface area contributed by atoms with Crippen molar-refractivity contribution in [1.82, 2.24) is 10.2 Å². The van der Waals surface area contributed by atoms with Crippen LogP contribution < -0.4 is 5.43 Å². The molecule has 0 bridgehead atoms. The lowest BCUT2D eigenvalue weighted by Gasteiger charge is -2.02. The largest absolute Gasteiger partial charge is 0.394 e. The number of aromatic nitrogens is 2. The molecule has 18 heavy (non-hydrogen) atoms. The van der Waals surface area contributed by atoms with E-state index in [0.717, 1.165) is 16.8 Å². The molecule has 0 spiro atoms. The van der Waals surface area contributed by atoms with Crippen LogP contribution in [0.2, 0.25) is 0 Å². The Bertz CT molecular complexity index is 521. The Morgan fingerprint density at radius 3 is 2.83 bits per heavy atom. The molecule has 0 fully saturated rings. The number of aryl methyl sites for hydroxylation is 1. The van der Waals surface area contributed by atoms with Crippen LogP contribution >= 0.6 is 0 Å². The second kappa shape index (κ2) is 5.92. The van der Waals surface area contributed by atoms with E-state index in [1.165, 1.54) is 0 Å². The van der Waals surface area contributed by atoms with E-state index in [2.05, 4.69) is 26.0 Å². The molecule has 1 heterocycles. The number of anilines is 1. The third-order valence-corrected chi connectivity index (χ3v) is 2.44. The van der Waals surface area contributed by atoms with Gasteiger partial charge in [-0.3, -0.25) is 5.10 Å². The van der Waals surface area contributed by atoms with Crippen LogP contribution in [0.15, 0.2) is 40.7 Å². The van der Waals surface area contributed by atoms with Crippen molar-refractivity contribution in [3.63, 3.8) is 0 Å². The van der Waals surface area contributed by atoms with Gasteiger partial charge in [0.05, 0.1) is 13.2 Å². The summed E-state index contributed by atoms with van der Waals surface area (Å²) in [5.41, 5.74) is 5.76. The van der Waals surface area contributed by atoms with Crippen LogP contribution in [0.1, 0.15) is 5.69 Å². The standard InChI is InChI=1S/C12H15N5O/c1-9-11(10-5-3-2-4-6-10)12(15-14-9)16-17-13-7-8-18/h2-6,18H,7-8H2,1H3,(H2,13,14,15,16). The van der Waals surface area contributed by atoms with Gasteiger partial charge in [0.15, 0.2) is 5.82 Å². The minimum Gasteiger partial charge on any atom is -0.394 e.